The van der Waals surface area contributed by atoms with Gasteiger partial charge in [-0.05, 0) is 103 Å². The van der Waals surface area contributed by atoms with Crippen LogP contribution in [-0.4, -0.2) is 67.8 Å². The summed E-state index contributed by atoms with van der Waals surface area (Å²) in [5.74, 6) is 2.56. The smallest absolute Gasteiger partial charge is 0.252 e. The number of likely N-dealkylation sites (N-methyl/N-ethyl adjacent to an activating group) is 1. The minimum Gasteiger partial charge on any atom is -0.493 e. The predicted molar refractivity (Wildman–Crippen MR) is 161 cm³/mol. The lowest BCUT2D eigenvalue weighted by molar-refractivity contribution is -0.198. The van der Waals surface area contributed by atoms with Crippen molar-refractivity contribution in [2.75, 3.05) is 34.4 Å². The van der Waals surface area contributed by atoms with E-state index in [0.717, 1.165) is 60.8 Å². The molecule has 2 saturated carbocycles. The van der Waals surface area contributed by atoms with Gasteiger partial charge >= 0.3 is 0 Å². The maximum absolute atomic E-state index is 14.5. The van der Waals surface area contributed by atoms with Crippen molar-refractivity contribution >= 4 is 28.5 Å². The molecule has 5 aliphatic carbocycles. The number of ether oxygens (including phenoxy) is 3. The van der Waals surface area contributed by atoms with E-state index in [4.69, 9.17) is 14.2 Å². The van der Waals surface area contributed by atoms with Crippen LogP contribution in [0.2, 0.25) is 0 Å². The van der Waals surface area contributed by atoms with Gasteiger partial charge in [0.1, 0.15) is 11.7 Å². The molecule has 7 heteroatoms. The van der Waals surface area contributed by atoms with Gasteiger partial charge in [-0.3, -0.25) is 9.69 Å². The van der Waals surface area contributed by atoms with Crippen molar-refractivity contribution in [1.29, 1.82) is 0 Å². The standard InChI is InChI=1S/C33H37IN2O4/c1-35(18-20-6-9-23(34)10-7-20)29(37)24-17-31-12-13-33(24,39-3)30-32(31)14-15-36(19-21-4-5-21)26(31)16-22-8-11-25(38-2)28(40-30)27(22)32/h6-11,17,21,26,30H,4-5,12-16,18-19H2,1-3H3/t26-,30-,31-,32+,33-/m1/s1. The molecule has 2 spiro atoms. The zero-order chi connectivity index (χ0) is 27.4. The van der Waals surface area contributed by atoms with Crippen molar-refractivity contribution in [3.63, 3.8) is 0 Å². The molecule has 9 rings (SSSR count). The number of benzene rings is 2. The molecule has 7 aliphatic rings. The van der Waals surface area contributed by atoms with Gasteiger partial charge in [0.2, 0.25) is 0 Å². The largest absolute Gasteiger partial charge is 0.493 e. The third-order valence-electron chi connectivity index (χ3n) is 11.3. The molecule has 0 aromatic heterocycles. The zero-order valence-corrected chi connectivity index (χ0v) is 25.7. The van der Waals surface area contributed by atoms with Gasteiger partial charge in [-0.15, -0.1) is 0 Å². The van der Waals surface area contributed by atoms with Crippen molar-refractivity contribution in [3.8, 4) is 11.5 Å². The van der Waals surface area contributed by atoms with Crippen LogP contribution in [0, 0.1) is 14.9 Å². The molecule has 40 heavy (non-hydrogen) atoms. The fourth-order valence-electron chi connectivity index (χ4n) is 9.39. The number of carbonyl (C=O) groups is 1. The van der Waals surface area contributed by atoms with E-state index in [9.17, 15) is 4.79 Å². The first kappa shape index (κ1) is 25.6. The Bertz CT molecular complexity index is 1440. The number of hydrogen-bond donors (Lipinski definition) is 0. The second kappa shape index (κ2) is 8.71. The van der Waals surface area contributed by atoms with Crippen LogP contribution in [0.3, 0.4) is 0 Å². The van der Waals surface area contributed by atoms with Crippen LogP contribution in [-0.2, 0) is 27.9 Å². The first-order chi connectivity index (χ1) is 19.4. The molecule has 2 aromatic carbocycles. The fraction of sp³-hybridized carbons (Fsp3) is 0.545. The number of nitrogens with zero attached hydrogens (tertiary/aromatic N) is 2. The van der Waals surface area contributed by atoms with Crippen LogP contribution in [0.15, 0.2) is 48.0 Å². The Kier molecular flexibility index (Phi) is 5.57. The third kappa shape index (κ3) is 3.15. The molecule has 0 N–H and O–H groups in total. The molecule has 0 radical (unpaired) electrons. The molecule has 4 bridgehead atoms. The SMILES string of the molecule is COc1ccc2c3c1O[C@@H]1[C@]34CCN(CC3CC3)[C@H](C2)[C@@]42C=C(C(=O)N(C)Cc3ccc(I)cc3)[C@]1(OC)CC2. The second-order valence-electron chi connectivity index (χ2n) is 13.0. The number of rotatable bonds is 7. The van der Waals surface area contributed by atoms with Crippen LogP contribution in [0.1, 0.15) is 48.8 Å². The minimum absolute atomic E-state index is 0.0541. The zero-order valence-electron chi connectivity index (χ0n) is 23.5. The van der Waals surface area contributed by atoms with E-state index >= 15 is 0 Å². The van der Waals surface area contributed by atoms with E-state index < -0.39 is 5.60 Å². The molecule has 0 unspecified atom stereocenters. The lowest BCUT2D eigenvalue weighted by atomic mass is 9.37. The molecule has 1 amide bonds. The summed E-state index contributed by atoms with van der Waals surface area (Å²) in [4.78, 5) is 19.1. The molecular formula is C33H37IN2O4. The van der Waals surface area contributed by atoms with E-state index in [1.165, 1.54) is 34.1 Å². The van der Waals surface area contributed by atoms with E-state index in [-0.39, 0.29) is 22.8 Å². The second-order valence-corrected chi connectivity index (χ2v) is 14.2. The Hall–Kier alpha value is -2.10. The summed E-state index contributed by atoms with van der Waals surface area (Å²) in [5.41, 5.74) is 3.50. The van der Waals surface area contributed by atoms with Gasteiger partial charge in [0.25, 0.3) is 5.91 Å². The highest BCUT2D eigenvalue weighted by Crippen LogP contribution is 2.75. The van der Waals surface area contributed by atoms with E-state index in [1.807, 2.05) is 11.9 Å². The number of hydrogen-bond acceptors (Lipinski definition) is 5. The van der Waals surface area contributed by atoms with Gasteiger partial charge in [-0.2, -0.15) is 0 Å². The first-order valence-corrected chi connectivity index (χ1v) is 15.8. The normalized spacial score (nSPS) is 34.6. The third-order valence-corrected chi connectivity index (χ3v) is 12.0. The number of methoxy groups -OCH3 is 2. The van der Waals surface area contributed by atoms with E-state index in [0.29, 0.717) is 12.6 Å². The number of likely N-dealkylation sites (tertiary alicyclic amines) is 1. The van der Waals surface area contributed by atoms with Gasteiger partial charge < -0.3 is 19.1 Å². The summed E-state index contributed by atoms with van der Waals surface area (Å²) in [7, 11) is 5.43. The van der Waals surface area contributed by atoms with Gasteiger partial charge in [0.15, 0.2) is 11.5 Å². The van der Waals surface area contributed by atoms with Crippen molar-refractivity contribution in [2.24, 2.45) is 11.3 Å². The highest BCUT2D eigenvalue weighted by Gasteiger charge is 2.79. The predicted octanol–water partition coefficient (Wildman–Crippen LogP) is 5.10. The molecule has 1 saturated heterocycles. The monoisotopic (exact) mass is 652 g/mol. The van der Waals surface area contributed by atoms with Crippen molar-refractivity contribution in [3.05, 3.63) is 68.3 Å². The molecule has 2 heterocycles. The molecule has 2 aromatic rings. The number of piperidine rings is 1. The Labute approximate surface area is 250 Å². The van der Waals surface area contributed by atoms with Crippen LogP contribution in [0.4, 0.5) is 0 Å². The quantitative estimate of drug-likeness (QED) is 0.390. The van der Waals surface area contributed by atoms with Gasteiger partial charge in [0.05, 0.1) is 12.5 Å². The van der Waals surface area contributed by atoms with Crippen LogP contribution >= 0.6 is 22.6 Å². The van der Waals surface area contributed by atoms with E-state index in [1.54, 1.807) is 14.2 Å². The molecule has 6 nitrogen and oxygen atoms in total. The first-order valence-electron chi connectivity index (χ1n) is 14.8. The molecule has 5 atom stereocenters. The highest BCUT2D eigenvalue weighted by atomic mass is 127. The number of halogens is 1. The summed E-state index contributed by atoms with van der Waals surface area (Å²) in [6, 6.07) is 13.1. The summed E-state index contributed by atoms with van der Waals surface area (Å²) >= 11 is 2.32. The Morgan fingerprint density at radius 2 is 1.93 bits per heavy atom. The molecule has 2 aliphatic heterocycles. The van der Waals surface area contributed by atoms with Gasteiger partial charge in [0, 0.05) is 53.4 Å². The Morgan fingerprint density at radius 3 is 2.65 bits per heavy atom. The summed E-state index contributed by atoms with van der Waals surface area (Å²) in [6.45, 7) is 2.81. The highest BCUT2D eigenvalue weighted by molar-refractivity contribution is 14.1. The average Bonchev–Trinajstić information content (AvgIpc) is 3.71. The summed E-state index contributed by atoms with van der Waals surface area (Å²) < 4.78 is 20.7. The average molecular weight is 653 g/mol. The lowest BCUT2D eigenvalue weighted by Crippen LogP contribution is -2.78. The van der Waals surface area contributed by atoms with Crippen LogP contribution in [0.25, 0.3) is 0 Å². The minimum atomic E-state index is -0.791. The fourth-order valence-corrected chi connectivity index (χ4v) is 9.75. The Balaban J connectivity index is 1.28. The summed E-state index contributed by atoms with van der Waals surface area (Å²) in [6.07, 6.45) is 8.69. The molecule has 210 valence electrons. The van der Waals surface area contributed by atoms with E-state index in [2.05, 4.69) is 70.0 Å². The number of fused-ring (bicyclic) bond motifs is 1. The maximum atomic E-state index is 14.5. The number of amides is 1. The van der Waals surface area contributed by atoms with Crippen LogP contribution in [0.5, 0.6) is 11.5 Å². The van der Waals surface area contributed by atoms with Gasteiger partial charge in [-0.25, -0.2) is 0 Å². The molecular weight excluding hydrogens is 615 g/mol. The van der Waals surface area contributed by atoms with Gasteiger partial charge in [-0.1, -0.05) is 24.3 Å². The number of carbonyl (C=O) groups excluding carboxylic acids is 1. The Morgan fingerprint density at radius 1 is 1.12 bits per heavy atom. The van der Waals surface area contributed by atoms with Crippen molar-refractivity contribution in [1.82, 2.24) is 9.80 Å². The topological polar surface area (TPSA) is 51.2 Å². The maximum Gasteiger partial charge on any atom is 0.252 e. The van der Waals surface area contributed by atoms with Crippen molar-refractivity contribution < 1.29 is 19.0 Å². The summed E-state index contributed by atoms with van der Waals surface area (Å²) in [5, 5.41) is 0. The lowest BCUT2D eigenvalue weighted by Gasteiger charge is -2.70. The van der Waals surface area contributed by atoms with Crippen LogP contribution < -0.4 is 9.47 Å². The van der Waals surface area contributed by atoms with Crippen molar-refractivity contribution in [2.45, 2.75) is 68.2 Å². The molecule has 3 fully saturated rings.